The normalized spacial score (nSPS) is 18.9. The predicted octanol–water partition coefficient (Wildman–Crippen LogP) is 2.11. The first-order chi connectivity index (χ1) is 11.2. The largest absolute Gasteiger partial charge is 0.396 e. The highest BCUT2D eigenvalue weighted by Crippen LogP contribution is 2.25. The van der Waals surface area contributed by atoms with E-state index in [0.717, 1.165) is 48.7 Å². The van der Waals surface area contributed by atoms with E-state index in [1.807, 2.05) is 12.1 Å². The molecule has 0 aliphatic carbocycles. The third-order valence-electron chi connectivity index (χ3n) is 4.22. The van der Waals surface area contributed by atoms with Crippen LogP contribution in [0.5, 0.6) is 0 Å². The van der Waals surface area contributed by atoms with Crippen molar-refractivity contribution >= 4 is 17.2 Å². The first kappa shape index (κ1) is 16.1. The van der Waals surface area contributed by atoms with Gasteiger partial charge in [0.05, 0.1) is 5.69 Å². The topological polar surface area (TPSA) is 79.5 Å². The van der Waals surface area contributed by atoms with Gasteiger partial charge in [-0.1, -0.05) is 12.1 Å². The zero-order valence-electron chi connectivity index (χ0n) is 12.9. The molecule has 2 heterocycles. The summed E-state index contributed by atoms with van der Waals surface area (Å²) in [6.07, 6.45) is 2.25. The molecule has 1 saturated heterocycles. The van der Waals surface area contributed by atoms with E-state index < -0.39 is 5.91 Å². The molecule has 1 aromatic carbocycles. The predicted molar refractivity (Wildman–Crippen MR) is 91.2 cm³/mol. The number of nitrogens with zero attached hydrogens (tertiary/aromatic N) is 2. The molecule has 0 saturated carbocycles. The Kier molecular flexibility index (Phi) is 5.05. The summed E-state index contributed by atoms with van der Waals surface area (Å²) in [6, 6.07) is 7.22. The van der Waals surface area contributed by atoms with Crippen molar-refractivity contribution in [2.24, 2.45) is 11.7 Å². The Morgan fingerprint density at radius 1 is 1.39 bits per heavy atom. The number of rotatable bonds is 5. The number of piperidine rings is 1. The van der Waals surface area contributed by atoms with Gasteiger partial charge in [0, 0.05) is 36.2 Å². The molecule has 0 spiro atoms. The molecule has 3 rings (SSSR count). The van der Waals surface area contributed by atoms with Gasteiger partial charge in [-0.2, -0.15) is 0 Å². The second-order valence-electron chi connectivity index (χ2n) is 6.01. The fraction of sp³-hybridized carbons (Fsp3) is 0.412. The first-order valence-electron chi connectivity index (χ1n) is 7.83. The number of carbonyl (C=O) groups excluding carboxylic acids is 1. The Morgan fingerprint density at radius 3 is 2.87 bits per heavy atom. The standard InChI is InChI=1S/C17H21N3O2S/c18-16(22)13-3-5-14(6-4-13)17-19-15(11-23-17)9-20-7-1-2-12(8-20)10-21/h3-6,11-12,21H,1-2,7-10H2,(H2,18,22). The van der Waals surface area contributed by atoms with Crippen LogP contribution in [0.2, 0.25) is 0 Å². The summed E-state index contributed by atoms with van der Waals surface area (Å²) >= 11 is 1.61. The molecule has 0 radical (unpaired) electrons. The van der Waals surface area contributed by atoms with Gasteiger partial charge in [-0.05, 0) is 37.4 Å². The molecule has 23 heavy (non-hydrogen) atoms. The van der Waals surface area contributed by atoms with E-state index in [1.165, 1.54) is 0 Å². The summed E-state index contributed by atoms with van der Waals surface area (Å²) in [7, 11) is 0. The first-order valence-corrected chi connectivity index (χ1v) is 8.71. The number of thiazole rings is 1. The molecule has 0 bridgehead atoms. The SMILES string of the molecule is NC(=O)c1ccc(-c2nc(CN3CCCC(CO)C3)cs2)cc1. The van der Waals surface area contributed by atoms with E-state index in [2.05, 4.69) is 10.3 Å². The van der Waals surface area contributed by atoms with Gasteiger partial charge in [-0.3, -0.25) is 9.69 Å². The minimum absolute atomic E-state index is 0.269. The van der Waals surface area contributed by atoms with Crippen molar-refractivity contribution in [2.45, 2.75) is 19.4 Å². The zero-order valence-corrected chi connectivity index (χ0v) is 13.8. The quantitative estimate of drug-likeness (QED) is 0.879. The maximum absolute atomic E-state index is 11.1. The molecule has 6 heteroatoms. The lowest BCUT2D eigenvalue weighted by atomic mass is 9.99. The van der Waals surface area contributed by atoms with Crippen LogP contribution in [0, 0.1) is 5.92 Å². The number of amides is 1. The summed E-state index contributed by atoms with van der Waals surface area (Å²) in [6.45, 7) is 3.10. The fourth-order valence-corrected chi connectivity index (χ4v) is 3.78. The highest BCUT2D eigenvalue weighted by atomic mass is 32.1. The summed E-state index contributed by atoms with van der Waals surface area (Å²) in [4.78, 5) is 18.2. The zero-order chi connectivity index (χ0) is 16.2. The van der Waals surface area contributed by atoms with Crippen LogP contribution in [0.4, 0.5) is 0 Å². The van der Waals surface area contributed by atoms with E-state index >= 15 is 0 Å². The molecule has 3 N–H and O–H groups in total. The molecule has 1 atom stereocenters. The Balaban J connectivity index is 1.66. The number of aliphatic hydroxyl groups excluding tert-OH is 1. The van der Waals surface area contributed by atoms with Crippen molar-refractivity contribution in [3.05, 3.63) is 40.9 Å². The van der Waals surface area contributed by atoms with Crippen LogP contribution in [0.3, 0.4) is 0 Å². The van der Waals surface area contributed by atoms with Crippen molar-refractivity contribution in [2.75, 3.05) is 19.7 Å². The molecule has 1 amide bonds. The average Bonchev–Trinajstić information content (AvgIpc) is 3.03. The smallest absolute Gasteiger partial charge is 0.248 e. The van der Waals surface area contributed by atoms with Gasteiger partial charge in [-0.25, -0.2) is 4.98 Å². The number of carbonyl (C=O) groups is 1. The van der Waals surface area contributed by atoms with Gasteiger partial charge in [-0.15, -0.1) is 11.3 Å². The Labute approximate surface area is 139 Å². The number of benzene rings is 1. The molecule has 5 nitrogen and oxygen atoms in total. The summed E-state index contributed by atoms with van der Waals surface area (Å²) in [5.74, 6) is -0.0249. The van der Waals surface area contributed by atoms with E-state index in [1.54, 1.807) is 23.5 Å². The van der Waals surface area contributed by atoms with Crippen molar-refractivity contribution in [3.63, 3.8) is 0 Å². The molecule has 1 fully saturated rings. The van der Waals surface area contributed by atoms with E-state index in [-0.39, 0.29) is 6.61 Å². The van der Waals surface area contributed by atoms with E-state index in [4.69, 9.17) is 10.7 Å². The molecule has 1 aromatic heterocycles. The van der Waals surface area contributed by atoms with E-state index in [9.17, 15) is 9.90 Å². The second-order valence-corrected chi connectivity index (χ2v) is 6.87. The monoisotopic (exact) mass is 331 g/mol. The number of primary amides is 1. The van der Waals surface area contributed by atoms with Gasteiger partial charge in [0.1, 0.15) is 5.01 Å². The highest BCUT2D eigenvalue weighted by molar-refractivity contribution is 7.13. The van der Waals surface area contributed by atoms with Gasteiger partial charge in [0.15, 0.2) is 0 Å². The average molecular weight is 331 g/mol. The van der Waals surface area contributed by atoms with Crippen LogP contribution in [-0.2, 0) is 6.54 Å². The lowest BCUT2D eigenvalue weighted by Crippen LogP contribution is -2.36. The van der Waals surface area contributed by atoms with Crippen molar-refractivity contribution in [1.29, 1.82) is 0 Å². The summed E-state index contributed by atoms with van der Waals surface area (Å²) < 4.78 is 0. The van der Waals surface area contributed by atoms with Crippen molar-refractivity contribution in [3.8, 4) is 10.6 Å². The van der Waals surface area contributed by atoms with Crippen LogP contribution >= 0.6 is 11.3 Å². The van der Waals surface area contributed by atoms with Crippen LogP contribution in [0.1, 0.15) is 28.9 Å². The van der Waals surface area contributed by atoms with Crippen LogP contribution in [0.15, 0.2) is 29.6 Å². The third-order valence-corrected chi connectivity index (χ3v) is 5.16. The van der Waals surface area contributed by atoms with Crippen LogP contribution in [-0.4, -0.2) is 40.6 Å². The lowest BCUT2D eigenvalue weighted by molar-refractivity contribution is 0.100. The molecule has 1 aliphatic rings. The van der Waals surface area contributed by atoms with Gasteiger partial charge in [0.25, 0.3) is 0 Å². The van der Waals surface area contributed by atoms with Gasteiger partial charge in [0.2, 0.25) is 5.91 Å². The summed E-state index contributed by atoms with van der Waals surface area (Å²) in [5.41, 5.74) is 7.82. The number of hydrogen-bond donors (Lipinski definition) is 2. The van der Waals surface area contributed by atoms with Gasteiger partial charge >= 0.3 is 0 Å². The van der Waals surface area contributed by atoms with Crippen molar-refractivity contribution < 1.29 is 9.90 Å². The fourth-order valence-electron chi connectivity index (χ4n) is 2.96. The van der Waals surface area contributed by atoms with Crippen molar-refractivity contribution in [1.82, 2.24) is 9.88 Å². The molecule has 1 unspecified atom stereocenters. The minimum atomic E-state index is -0.417. The van der Waals surface area contributed by atoms with Crippen LogP contribution in [0.25, 0.3) is 10.6 Å². The summed E-state index contributed by atoms with van der Waals surface area (Å²) in [5, 5.41) is 12.3. The number of likely N-dealkylation sites (tertiary alicyclic amines) is 1. The molecular formula is C17H21N3O2S. The van der Waals surface area contributed by atoms with Crippen LogP contribution < -0.4 is 5.73 Å². The Hall–Kier alpha value is -1.76. The number of aliphatic hydroxyl groups is 1. The Bertz CT molecular complexity index is 669. The lowest BCUT2D eigenvalue weighted by Gasteiger charge is -2.31. The Morgan fingerprint density at radius 2 is 2.17 bits per heavy atom. The second kappa shape index (κ2) is 7.21. The number of hydrogen-bond acceptors (Lipinski definition) is 5. The molecule has 122 valence electrons. The van der Waals surface area contributed by atoms with E-state index in [0.29, 0.717) is 11.5 Å². The molecule has 1 aliphatic heterocycles. The maximum atomic E-state index is 11.1. The maximum Gasteiger partial charge on any atom is 0.248 e. The molecular weight excluding hydrogens is 310 g/mol. The number of nitrogens with two attached hydrogens (primary N) is 1. The number of aromatic nitrogens is 1. The third kappa shape index (κ3) is 3.96. The van der Waals surface area contributed by atoms with Gasteiger partial charge < -0.3 is 10.8 Å². The molecule has 2 aromatic rings. The minimum Gasteiger partial charge on any atom is -0.396 e. The highest BCUT2D eigenvalue weighted by Gasteiger charge is 2.20.